The monoisotopic (exact) mass is 484 g/mol. The molecule has 1 amide bonds. The molecule has 1 aliphatic rings. The van der Waals surface area contributed by atoms with E-state index in [2.05, 4.69) is 20.5 Å². The molecule has 2 aromatic carbocycles. The summed E-state index contributed by atoms with van der Waals surface area (Å²) in [7, 11) is 0. The number of nitrogens with one attached hydrogen (secondary N) is 2. The first kappa shape index (κ1) is 23.5. The molecule has 180 valence electrons. The fourth-order valence-electron chi connectivity index (χ4n) is 3.64. The first-order valence-electron chi connectivity index (χ1n) is 10.1. The van der Waals surface area contributed by atoms with Gasteiger partial charge < -0.3 is 15.4 Å². The second-order valence-electron chi connectivity index (χ2n) is 7.79. The summed E-state index contributed by atoms with van der Waals surface area (Å²) in [4.78, 5) is 12.6. The van der Waals surface area contributed by atoms with Gasteiger partial charge in [0.15, 0.2) is 11.7 Å². The minimum atomic E-state index is -4.86. The third-order valence-electron chi connectivity index (χ3n) is 5.25. The minimum Gasteiger partial charge on any atom is -0.406 e. The molecule has 3 aromatic rings. The number of carbonyl (C=O) groups is 1. The Hall–Kier alpha value is -3.70. The summed E-state index contributed by atoms with van der Waals surface area (Å²) in [6.07, 6.45) is -9.78. The van der Waals surface area contributed by atoms with Crippen molar-refractivity contribution in [3.63, 3.8) is 0 Å². The zero-order chi connectivity index (χ0) is 24.7. The van der Waals surface area contributed by atoms with Crippen LogP contribution in [0.15, 0.2) is 54.6 Å². The third-order valence-corrected chi connectivity index (χ3v) is 5.25. The Bertz CT molecular complexity index is 1170. The van der Waals surface area contributed by atoms with Gasteiger partial charge in [-0.25, -0.2) is 4.68 Å². The maximum Gasteiger partial charge on any atom is 0.573 e. The molecule has 12 heteroatoms. The van der Waals surface area contributed by atoms with Crippen molar-refractivity contribution < 1.29 is 35.9 Å². The maximum atomic E-state index is 13.8. The highest BCUT2D eigenvalue weighted by Crippen LogP contribution is 2.43. The number of rotatable bonds is 4. The molecule has 2 atom stereocenters. The second-order valence-corrected chi connectivity index (χ2v) is 7.79. The molecule has 0 unspecified atom stereocenters. The lowest BCUT2D eigenvalue weighted by Gasteiger charge is -2.33. The van der Waals surface area contributed by atoms with Crippen molar-refractivity contribution in [2.45, 2.75) is 38.0 Å². The summed E-state index contributed by atoms with van der Waals surface area (Å²) < 4.78 is 82.7. The Morgan fingerprint density at radius 1 is 1.06 bits per heavy atom. The third kappa shape index (κ3) is 5.26. The SMILES string of the molecule is Cc1ccc([C@@H]2C[C@@H](C(F)(F)F)n3nc(C(=O)Nc4ccc(OC(F)(F)F)cc4)cc3N2)cc1. The molecule has 0 radical (unpaired) electrons. The van der Waals surface area contributed by atoms with Crippen LogP contribution in [0.1, 0.15) is 40.1 Å². The fraction of sp³-hybridized carbons (Fsp3) is 0.273. The lowest BCUT2D eigenvalue weighted by Crippen LogP contribution is -2.35. The minimum absolute atomic E-state index is 0.0261. The van der Waals surface area contributed by atoms with Crippen molar-refractivity contribution >= 4 is 17.4 Å². The Morgan fingerprint density at radius 3 is 2.29 bits per heavy atom. The van der Waals surface area contributed by atoms with E-state index in [9.17, 15) is 31.1 Å². The van der Waals surface area contributed by atoms with Crippen LogP contribution in [0.25, 0.3) is 0 Å². The van der Waals surface area contributed by atoms with E-state index in [1.165, 1.54) is 18.2 Å². The quantitative estimate of drug-likeness (QED) is 0.446. The van der Waals surface area contributed by atoms with E-state index in [1.807, 2.05) is 6.92 Å². The van der Waals surface area contributed by atoms with Crippen LogP contribution in [0.4, 0.5) is 37.8 Å². The number of alkyl halides is 6. The largest absolute Gasteiger partial charge is 0.573 e. The standard InChI is InChI=1S/C22H18F6N4O2/c1-12-2-4-13(5-3-12)16-10-18(21(23,24)25)32-19(30-16)11-17(31-32)20(33)29-14-6-8-15(9-7-14)34-22(26,27)28/h2-9,11,16,18,30H,10H2,1H3,(H,29,33)/t16-,18-/m0/s1. The predicted molar refractivity (Wildman–Crippen MR) is 111 cm³/mol. The van der Waals surface area contributed by atoms with Gasteiger partial charge in [-0.05, 0) is 36.8 Å². The first-order chi connectivity index (χ1) is 15.9. The topological polar surface area (TPSA) is 68.2 Å². The summed E-state index contributed by atoms with van der Waals surface area (Å²) in [6, 6.07) is 10.0. The Kier molecular flexibility index (Phi) is 5.92. The van der Waals surface area contributed by atoms with E-state index in [0.717, 1.165) is 22.4 Å². The Labute approximate surface area is 189 Å². The van der Waals surface area contributed by atoms with Crippen LogP contribution < -0.4 is 15.4 Å². The summed E-state index contributed by atoms with van der Waals surface area (Å²) in [5, 5.41) is 9.25. The van der Waals surface area contributed by atoms with E-state index in [4.69, 9.17) is 0 Å². The van der Waals surface area contributed by atoms with Crippen molar-refractivity contribution in [1.29, 1.82) is 0 Å². The summed E-state index contributed by atoms with van der Waals surface area (Å²) >= 11 is 0. The van der Waals surface area contributed by atoms with Crippen molar-refractivity contribution in [1.82, 2.24) is 9.78 Å². The van der Waals surface area contributed by atoms with Gasteiger partial charge >= 0.3 is 12.5 Å². The van der Waals surface area contributed by atoms with Gasteiger partial charge in [0.1, 0.15) is 11.6 Å². The molecular formula is C22H18F6N4O2. The number of fused-ring (bicyclic) bond motifs is 1. The zero-order valence-corrected chi connectivity index (χ0v) is 17.5. The molecule has 0 spiro atoms. The van der Waals surface area contributed by atoms with Crippen molar-refractivity contribution in [3.8, 4) is 5.75 Å². The normalized spacial score (nSPS) is 18.1. The van der Waals surface area contributed by atoms with Crippen LogP contribution in [0.5, 0.6) is 5.75 Å². The van der Waals surface area contributed by atoms with Crippen LogP contribution in [-0.4, -0.2) is 28.2 Å². The van der Waals surface area contributed by atoms with Gasteiger partial charge in [0, 0.05) is 18.2 Å². The predicted octanol–water partition coefficient (Wildman–Crippen LogP) is 6.00. The number of aromatic nitrogens is 2. The van der Waals surface area contributed by atoms with Crippen LogP contribution in [0, 0.1) is 6.92 Å². The van der Waals surface area contributed by atoms with Crippen LogP contribution in [0.2, 0.25) is 0 Å². The van der Waals surface area contributed by atoms with Gasteiger partial charge in [-0.15, -0.1) is 13.2 Å². The van der Waals surface area contributed by atoms with E-state index in [1.54, 1.807) is 24.3 Å². The molecule has 2 N–H and O–H groups in total. The molecule has 4 rings (SSSR count). The van der Waals surface area contributed by atoms with Crippen molar-refractivity contribution in [2.24, 2.45) is 0 Å². The number of hydrogen-bond acceptors (Lipinski definition) is 4. The molecule has 0 fully saturated rings. The maximum absolute atomic E-state index is 13.8. The van der Waals surface area contributed by atoms with E-state index in [0.29, 0.717) is 5.56 Å². The van der Waals surface area contributed by atoms with E-state index < -0.39 is 36.3 Å². The smallest absolute Gasteiger partial charge is 0.406 e. The van der Waals surface area contributed by atoms with E-state index >= 15 is 0 Å². The lowest BCUT2D eigenvalue weighted by atomic mass is 9.96. The highest BCUT2D eigenvalue weighted by molar-refractivity contribution is 6.03. The fourth-order valence-corrected chi connectivity index (χ4v) is 3.64. The number of nitrogens with zero attached hydrogens (tertiary/aromatic N) is 2. The number of anilines is 2. The van der Waals surface area contributed by atoms with Gasteiger partial charge in [0.25, 0.3) is 5.91 Å². The molecular weight excluding hydrogens is 466 g/mol. The van der Waals surface area contributed by atoms with Gasteiger partial charge in [0.2, 0.25) is 0 Å². The number of aryl methyl sites for hydroxylation is 1. The van der Waals surface area contributed by atoms with Crippen LogP contribution in [-0.2, 0) is 0 Å². The molecule has 0 saturated heterocycles. The molecule has 34 heavy (non-hydrogen) atoms. The van der Waals surface area contributed by atoms with E-state index in [-0.39, 0.29) is 23.6 Å². The zero-order valence-electron chi connectivity index (χ0n) is 17.5. The molecule has 6 nitrogen and oxygen atoms in total. The Morgan fingerprint density at radius 2 is 1.71 bits per heavy atom. The molecule has 0 bridgehead atoms. The molecule has 1 aromatic heterocycles. The van der Waals surface area contributed by atoms with Crippen LogP contribution >= 0.6 is 0 Å². The first-order valence-corrected chi connectivity index (χ1v) is 10.1. The Balaban J connectivity index is 1.55. The number of hydrogen-bond donors (Lipinski definition) is 2. The van der Waals surface area contributed by atoms with Gasteiger partial charge in [-0.1, -0.05) is 29.8 Å². The molecule has 0 aliphatic carbocycles. The van der Waals surface area contributed by atoms with Crippen LogP contribution in [0.3, 0.4) is 0 Å². The van der Waals surface area contributed by atoms with Crippen molar-refractivity contribution in [3.05, 3.63) is 71.4 Å². The number of benzene rings is 2. The number of halogens is 6. The summed E-state index contributed by atoms with van der Waals surface area (Å²) in [5.41, 5.74) is 1.47. The lowest BCUT2D eigenvalue weighted by molar-refractivity contribution is -0.274. The summed E-state index contributed by atoms with van der Waals surface area (Å²) in [5.74, 6) is -1.28. The highest BCUT2D eigenvalue weighted by Gasteiger charge is 2.46. The number of carbonyl (C=O) groups excluding carboxylic acids is 1. The molecule has 0 saturated carbocycles. The number of ether oxygens (including phenoxy) is 1. The van der Waals surface area contributed by atoms with Gasteiger partial charge in [-0.3, -0.25) is 4.79 Å². The van der Waals surface area contributed by atoms with Gasteiger partial charge in [0.05, 0.1) is 6.04 Å². The number of amides is 1. The average Bonchev–Trinajstić information content (AvgIpc) is 3.17. The van der Waals surface area contributed by atoms with Crippen molar-refractivity contribution in [2.75, 3.05) is 10.6 Å². The van der Waals surface area contributed by atoms with Gasteiger partial charge in [-0.2, -0.15) is 18.3 Å². The second kappa shape index (κ2) is 8.58. The molecule has 1 aliphatic heterocycles. The average molecular weight is 484 g/mol. The molecule has 2 heterocycles. The summed E-state index contributed by atoms with van der Waals surface area (Å²) in [6.45, 7) is 1.87. The highest BCUT2D eigenvalue weighted by atomic mass is 19.4.